The number of sulfonamides is 1. The number of rotatable bonds is 7. The van der Waals surface area contributed by atoms with E-state index in [4.69, 9.17) is 9.26 Å². The smallest absolute Gasteiger partial charge is 0.340 e. The second-order valence-electron chi connectivity index (χ2n) is 7.25. The van der Waals surface area contributed by atoms with Crippen LogP contribution in [0.5, 0.6) is 0 Å². The summed E-state index contributed by atoms with van der Waals surface area (Å²) < 4.78 is 38.8. The molecule has 0 aliphatic heterocycles. The van der Waals surface area contributed by atoms with Crippen LogP contribution in [0.3, 0.4) is 0 Å². The Hall–Kier alpha value is -4.05. The Balaban J connectivity index is 1.50. The Morgan fingerprint density at radius 2 is 1.91 bits per heavy atom. The van der Waals surface area contributed by atoms with Crippen molar-refractivity contribution >= 4 is 21.7 Å². The molecule has 1 N–H and O–H groups in total. The van der Waals surface area contributed by atoms with Crippen molar-refractivity contribution in [1.29, 1.82) is 0 Å². The fraction of sp³-hybridized carbons (Fsp3) is 0.130. The molecule has 9 nitrogen and oxygen atoms in total. The topological polar surface area (TPSA) is 124 Å². The molecule has 0 bridgehead atoms. The van der Waals surface area contributed by atoms with Gasteiger partial charge in [-0.15, -0.1) is 0 Å². The molecule has 0 unspecified atom stereocenters. The molecule has 0 aliphatic carbocycles. The van der Waals surface area contributed by atoms with Gasteiger partial charge < -0.3 is 9.26 Å². The second kappa shape index (κ2) is 9.21. The molecule has 0 amide bonds. The number of benzene rings is 2. The average Bonchev–Trinajstić information content (AvgIpc) is 3.29. The van der Waals surface area contributed by atoms with Crippen molar-refractivity contribution in [2.24, 2.45) is 0 Å². The number of hydrogen-bond donors (Lipinski definition) is 1. The lowest BCUT2D eigenvalue weighted by Crippen LogP contribution is -2.17. The number of para-hydroxylation sites is 1. The second-order valence-corrected chi connectivity index (χ2v) is 8.90. The number of anilines is 1. The van der Waals surface area contributed by atoms with E-state index in [1.165, 1.54) is 12.1 Å². The number of aromatic nitrogens is 3. The minimum Gasteiger partial charge on any atom is -0.452 e. The molecular formula is C23H20N4O5S. The summed E-state index contributed by atoms with van der Waals surface area (Å²) in [7, 11) is -3.92. The Morgan fingerprint density at radius 3 is 2.70 bits per heavy atom. The highest BCUT2D eigenvalue weighted by atomic mass is 32.2. The average molecular weight is 465 g/mol. The Bertz CT molecular complexity index is 1400. The molecule has 0 saturated carbocycles. The quantitative estimate of drug-likeness (QED) is 0.408. The van der Waals surface area contributed by atoms with Crippen LogP contribution in [0.4, 0.5) is 5.69 Å². The first-order valence-electron chi connectivity index (χ1n) is 9.93. The molecule has 4 rings (SSSR count). The summed E-state index contributed by atoms with van der Waals surface area (Å²) >= 11 is 0. The van der Waals surface area contributed by atoms with Gasteiger partial charge in [0.15, 0.2) is 6.61 Å². The van der Waals surface area contributed by atoms with Crippen LogP contribution >= 0.6 is 0 Å². The normalized spacial score (nSPS) is 11.2. The van der Waals surface area contributed by atoms with E-state index < -0.39 is 16.0 Å². The van der Waals surface area contributed by atoms with Gasteiger partial charge in [-0.1, -0.05) is 29.4 Å². The maximum absolute atomic E-state index is 13.0. The first kappa shape index (κ1) is 22.2. The lowest BCUT2D eigenvalue weighted by atomic mass is 10.2. The van der Waals surface area contributed by atoms with E-state index in [0.29, 0.717) is 17.0 Å². The van der Waals surface area contributed by atoms with Crippen molar-refractivity contribution in [1.82, 2.24) is 15.1 Å². The summed E-state index contributed by atoms with van der Waals surface area (Å²) in [5, 5.41) is 3.84. The van der Waals surface area contributed by atoms with Crippen molar-refractivity contribution in [3.63, 3.8) is 0 Å². The van der Waals surface area contributed by atoms with Gasteiger partial charge in [-0.3, -0.25) is 9.71 Å². The van der Waals surface area contributed by atoms with E-state index in [0.717, 1.165) is 5.56 Å². The molecule has 4 aromatic rings. The van der Waals surface area contributed by atoms with Crippen LogP contribution in [0.15, 0.2) is 76.4 Å². The largest absolute Gasteiger partial charge is 0.452 e. The van der Waals surface area contributed by atoms with Crippen LogP contribution < -0.4 is 4.72 Å². The van der Waals surface area contributed by atoms with Gasteiger partial charge in [-0.05, 0) is 55.3 Å². The lowest BCUT2D eigenvalue weighted by molar-refractivity contribution is 0.0431. The summed E-state index contributed by atoms with van der Waals surface area (Å²) in [6, 6.07) is 14.8. The molecule has 2 heterocycles. The monoisotopic (exact) mass is 464 g/mol. The Morgan fingerprint density at radius 1 is 1.09 bits per heavy atom. The molecule has 0 spiro atoms. The number of ether oxygens (including phenoxy) is 1. The highest BCUT2D eigenvalue weighted by molar-refractivity contribution is 7.92. The lowest BCUT2D eigenvalue weighted by Gasteiger charge is -2.13. The fourth-order valence-corrected chi connectivity index (χ4v) is 4.49. The van der Waals surface area contributed by atoms with Crippen molar-refractivity contribution in [3.8, 4) is 11.4 Å². The maximum Gasteiger partial charge on any atom is 0.340 e. The number of esters is 1. The van der Waals surface area contributed by atoms with Gasteiger partial charge in [0, 0.05) is 18.0 Å². The standard InChI is InChI=1S/C23H20N4O5S/c1-15-9-10-16(2)20(12-15)33(29,30)27-19-8-4-3-7-18(19)23(28)31-14-21-25-22(26-32-21)17-6-5-11-24-13-17/h3-13,27H,14H2,1-2H3. The van der Waals surface area contributed by atoms with Gasteiger partial charge in [0.2, 0.25) is 5.82 Å². The van der Waals surface area contributed by atoms with E-state index in [2.05, 4.69) is 19.8 Å². The minimum absolute atomic E-state index is 0.0541. The fourth-order valence-electron chi connectivity index (χ4n) is 3.08. The van der Waals surface area contributed by atoms with Crippen LogP contribution in [0, 0.1) is 13.8 Å². The third kappa shape index (κ3) is 5.07. The van der Waals surface area contributed by atoms with Crippen LogP contribution in [-0.4, -0.2) is 29.5 Å². The predicted molar refractivity (Wildman–Crippen MR) is 120 cm³/mol. The van der Waals surface area contributed by atoms with Crippen LogP contribution in [0.25, 0.3) is 11.4 Å². The number of aryl methyl sites for hydroxylation is 2. The number of hydrogen-bond acceptors (Lipinski definition) is 8. The summed E-state index contributed by atoms with van der Waals surface area (Å²) in [4.78, 5) is 21.0. The molecule has 168 valence electrons. The first-order chi connectivity index (χ1) is 15.8. The summed E-state index contributed by atoms with van der Waals surface area (Å²) in [6.45, 7) is 3.24. The van der Waals surface area contributed by atoms with Crippen molar-refractivity contribution in [3.05, 3.63) is 89.6 Å². The molecule has 10 heteroatoms. The molecule has 33 heavy (non-hydrogen) atoms. The number of nitrogens with zero attached hydrogens (tertiary/aromatic N) is 3. The number of nitrogens with one attached hydrogen (secondary N) is 1. The zero-order valence-electron chi connectivity index (χ0n) is 17.8. The molecule has 0 atom stereocenters. The van der Waals surface area contributed by atoms with Gasteiger partial charge in [-0.2, -0.15) is 4.98 Å². The Labute approximate surface area is 190 Å². The third-order valence-corrected chi connectivity index (χ3v) is 6.25. The molecule has 0 fully saturated rings. The zero-order valence-corrected chi connectivity index (χ0v) is 18.7. The number of carbonyl (C=O) groups excluding carboxylic acids is 1. The highest BCUT2D eigenvalue weighted by Crippen LogP contribution is 2.24. The van der Waals surface area contributed by atoms with E-state index in [1.54, 1.807) is 62.6 Å². The van der Waals surface area contributed by atoms with Crippen LogP contribution in [-0.2, 0) is 21.4 Å². The van der Waals surface area contributed by atoms with Gasteiger partial charge in [0.05, 0.1) is 16.1 Å². The van der Waals surface area contributed by atoms with Crippen LogP contribution in [0.1, 0.15) is 27.4 Å². The molecule has 0 saturated heterocycles. The highest BCUT2D eigenvalue weighted by Gasteiger charge is 2.21. The molecule has 0 aliphatic rings. The van der Waals surface area contributed by atoms with Gasteiger partial charge >= 0.3 is 5.97 Å². The van der Waals surface area contributed by atoms with E-state index >= 15 is 0 Å². The Kier molecular flexibility index (Phi) is 6.18. The summed E-state index contributed by atoms with van der Waals surface area (Å²) in [5.41, 5.74) is 2.21. The summed E-state index contributed by atoms with van der Waals surface area (Å²) in [5.74, 6) is -0.332. The predicted octanol–water partition coefficient (Wildman–Crippen LogP) is 3.91. The zero-order chi connectivity index (χ0) is 23.4. The first-order valence-corrected chi connectivity index (χ1v) is 11.4. The maximum atomic E-state index is 13.0. The number of carbonyl (C=O) groups is 1. The van der Waals surface area contributed by atoms with Gasteiger partial charge in [0.1, 0.15) is 0 Å². The molecular weight excluding hydrogens is 444 g/mol. The minimum atomic E-state index is -3.92. The van der Waals surface area contributed by atoms with Crippen LogP contribution in [0.2, 0.25) is 0 Å². The van der Waals surface area contributed by atoms with E-state index in [-0.39, 0.29) is 28.6 Å². The van der Waals surface area contributed by atoms with Gasteiger partial charge in [0.25, 0.3) is 15.9 Å². The third-order valence-electron chi connectivity index (χ3n) is 4.74. The van der Waals surface area contributed by atoms with Crippen molar-refractivity contribution in [2.75, 3.05) is 4.72 Å². The molecule has 0 radical (unpaired) electrons. The molecule has 2 aromatic heterocycles. The van der Waals surface area contributed by atoms with E-state index in [1.807, 2.05) is 6.07 Å². The summed E-state index contributed by atoms with van der Waals surface area (Å²) in [6.07, 6.45) is 3.21. The van der Waals surface area contributed by atoms with Gasteiger partial charge in [-0.25, -0.2) is 13.2 Å². The van der Waals surface area contributed by atoms with E-state index in [9.17, 15) is 13.2 Å². The molecule has 2 aromatic carbocycles. The van der Waals surface area contributed by atoms with Crippen molar-refractivity contribution in [2.45, 2.75) is 25.3 Å². The SMILES string of the molecule is Cc1ccc(C)c(S(=O)(=O)Nc2ccccc2C(=O)OCc2nc(-c3cccnc3)no2)c1. The number of pyridine rings is 1. The van der Waals surface area contributed by atoms with Crippen molar-refractivity contribution < 1.29 is 22.5 Å².